The van der Waals surface area contributed by atoms with Crippen molar-refractivity contribution in [1.29, 1.82) is 0 Å². The van der Waals surface area contributed by atoms with Crippen molar-refractivity contribution >= 4 is 39.6 Å². The first-order valence-electron chi connectivity index (χ1n) is 11.6. The van der Waals surface area contributed by atoms with Gasteiger partial charge < -0.3 is 24.9 Å². The monoisotopic (exact) mass is 466 g/mol. The van der Waals surface area contributed by atoms with Crippen molar-refractivity contribution in [3.05, 3.63) is 59.2 Å². The SMILES string of the molecule is CN(C)CCN(C)Cc1cc(Nc2ccnc3cc(Cl)ccc23)ccc1N1CCN(C)CC1. The lowest BCUT2D eigenvalue weighted by Gasteiger charge is -2.36. The lowest BCUT2D eigenvalue weighted by Crippen LogP contribution is -2.45. The van der Waals surface area contributed by atoms with Crippen LogP contribution in [-0.4, -0.2) is 87.1 Å². The Kier molecular flexibility index (Phi) is 7.71. The molecule has 2 heterocycles. The van der Waals surface area contributed by atoms with Gasteiger partial charge in [-0.15, -0.1) is 0 Å². The second-order valence-electron chi connectivity index (χ2n) is 9.32. The molecule has 1 N–H and O–H groups in total. The Morgan fingerprint density at radius 1 is 0.970 bits per heavy atom. The highest BCUT2D eigenvalue weighted by molar-refractivity contribution is 6.31. The average Bonchev–Trinajstić information content (AvgIpc) is 2.79. The summed E-state index contributed by atoms with van der Waals surface area (Å²) in [5.74, 6) is 0. The minimum atomic E-state index is 0.701. The lowest BCUT2D eigenvalue weighted by molar-refractivity contribution is 0.275. The maximum atomic E-state index is 6.17. The molecule has 0 radical (unpaired) electrons. The number of anilines is 3. The van der Waals surface area contributed by atoms with E-state index in [-0.39, 0.29) is 0 Å². The van der Waals surface area contributed by atoms with E-state index < -0.39 is 0 Å². The fraction of sp³-hybridized carbons (Fsp3) is 0.423. The normalized spacial score (nSPS) is 15.1. The number of aromatic nitrogens is 1. The second-order valence-corrected chi connectivity index (χ2v) is 9.76. The third kappa shape index (κ3) is 6.15. The van der Waals surface area contributed by atoms with Crippen molar-refractivity contribution in [2.45, 2.75) is 6.54 Å². The van der Waals surface area contributed by atoms with Crippen molar-refractivity contribution in [1.82, 2.24) is 19.7 Å². The standard InChI is InChI=1S/C26H35ClN6/c1-30(2)11-12-32(4)19-20-17-22(6-8-26(20)33-15-13-31(3)14-16-33)29-24-9-10-28-25-18-21(27)5-7-23(24)25/h5-10,17-18H,11-16,19H2,1-4H3,(H,28,29). The van der Waals surface area contributed by atoms with Gasteiger partial charge in [0.15, 0.2) is 0 Å². The number of piperazine rings is 1. The number of likely N-dealkylation sites (N-methyl/N-ethyl adjacent to an activating group) is 3. The molecule has 1 aliphatic rings. The van der Waals surface area contributed by atoms with E-state index in [1.165, 1.54) is 11.3 Å². The first-order valence-corrected chi connectivity index (χ1v) is 12.0. The Morgan fingerprint density at radius 3 is 2.52 bits per heavy atom. The van der Waals surface area contributed by atoms with Crippen LogP contribution in [0.4, 0.5) is 17.1 Å². The van der Waals surface area contributed by atoms with Crippen LogP contribution >= 0.6 is 11.6 Å². The van der Waals surface area contributed by atoms with Gasteiger partial charge in [0.25, 0.3) is 0 Å². The predicted molar refractivity (Wildman–Crippen MR) is 141 cm³/mol. The average molecular weight is 467 g/mol. The van der Waals surface area contributed by atoms with Gasteiger partial charge in [-0.1, -0.05) is 11.6 Å². The summed E-state index contributed by atoms with van der Waals surface area (Å²) < 4.78 is 0. The van der Waals surface area contributed by atoms with Gasteiger partial charge in [0.2, 0.25) is 0 Å². The summed E-state index contributed by atoms with van der Waals surface area (Å²) in [7, 11) is 8.66. The molecule has 7 heteroatoms. The minimum Gasteiger partial charge on any atom is -0.369 e. The minimum absolute atomic E-state index is 0.701. The number of hydrogen-bond donors (Lipinski definition) is 1. The number of rotatable bonds is 8. The summed E-state index contributed by atoms with van der Waals surface area (Å²) in [5, 5.41) is 5.40. The number of nitrogens with one attached hydrogen (secondary N) is 1. The van der Waals surface area contributed by atoms with E-state index in [4.69, 9.17) is 11.6 Å². The van der Waals surface area contributed by atoms with E-state index >= 15 is 0 Å². The summed E-state index contributed by atoms with van der Waals surface area (Å²) in [6.07, 6.45) is 1.83. The van der Waals surface area contributed by atoms with Gasteiger partial charge in [-0.2, -0.15) is 0 Å². The van der Waals surface area contributed by atoms with Crippen LogP contribution in [0.2, 0.25) is 5.02 Å². The molecule has 1 aromatic heterocycles. The highest BCUT2D eigenvalue weighted by atomic mass is 35.5. The van der Waals surface area contributed by atoms with Crippen LogP contribution < -0.4 is 10.2 Å². The van der Waals surface area contributed by atoms with Gasteiger partial charge in [-0.05, 0) is 76.2 Å². The molecule has 3 aromatic rings. The first-order chi connectivity index (χ1) is 15.9. The quantitative estimate of drug-likeness (QED) is 0.531. The Bertz CT molecular complexity index is 1080. The zero-order valence-electron chi connectivity index (χ0n) is 20.2. The largest absolute Gasteiger partial charge is 0.369 e. The molecule has 1 aliphatic heterocycles. The molecule has 0 atom stereocenters. The van der Waals surface area contributed by atoms with Gasteiger partial charge in [0, 0.05) is 79.5 Å². The highest BCUT2D eigenvalue weighted by Gasteiger charge is 2.18. The van der Waals surface area contributed by atoms with E-state index in [0.29, 0.717) is 5.02 Å². The molecule has 2 aromatic carbocycles. The number of halogens is 1. The summed E-state index contributed by atoms with van der Waals surface area (Å²) in [5.41, 5.74) is 5.72. The predicted octanol–water partition coefficient (Wildman–Crippen LogP) is 4.38. The van der Waals surface area contributed by atoms with Crippen molar-refractivity contribution in [2.24, 2.45) is 0 Å². The van der Waals surface area contributed by atoms with Gasteiger partial charge in [-0.3, -0.25) is 4.98 Å². The molecule has 0 bridgehead atoms. The van der Waals surface area contributed by atoms with Gasteiger partial charge >= 0.3 is 0 Å². The molecule has 1 saturated heterocycles. The summed E-state index contributed by atoms with van der Waals surface area (Å²) in [6.45, 7) is 7.31. The van der Waals surface area contributed by atoms with Crippen LogP contribution in [-0.2, 0) is 6.54 Å². The van der Waals surface area contributed by atoms with Crippen LogP contribution in [0.25, 0.3) is 10.9 Å². The fourth-order valence-corrected chi connectivity index (χ4v) is 4.44. The van der Waals surface area contributed by atoms with Crippen LogP contribution in [0.1, 0.15) is 5.56 Å². The van der Waals surface area contributed by atoms with Crippen LogP contribution in [0.15, 0.2) is 48.7 Å². The summed E-state index contributed by atoms with van der Waals surface area (Å²) in [4.78, 5) is 14.0. The number of hydrogen-bond acceptors (Lipinski definition) is 6. The molecule has 0 unspecified atom stereocenters. The first kappa shape index (κ1) is 23.8. The van der Waals surface area contributed by atoms with Crippen molar-refractivity contribution in [3.8, 4) is 0 Å². The topological polar surface area (TPSA) is 37.9 Å². The van der Waals surface area contributed by atoms with E-state index in [0.717, 1.165) is 68.1 Å². The zero-order chi connectivity index (χ0) is 23.4. The molecule has 0 spiro atoms. The summed E-state index contributed by atoms with van der Waals surface area (Å²) >= 11 is 6.17. The maximum Gasteiger partial charge on any atom is 0.0737 e. The molecule has 1 fully saturated rings. The van der Waals surface area contributed by atoms with E-state index in [1.807, 2.05) is 30.5 Å². The van der Waals surface area contributed by atoms with Gasteiger partial charge in [-0.25, -0.2) is 0 Å². The third-order valence-electron chi connectivity index (χ3n) is 6.28. The highest BCUT2D eigenvalue weighted by Crippen LogP contribution is 2.31. The van der Waals surface area contributed by atoms with Crippen LogP contribution in [0.3, 0.4) is 0 Å². The summed E-state index contributed by atoms with van der Waals surface area (Å²) in [6, 6.07) is 14.7. The Labute approximate surface area is 202 Å². The lowest BCUT2D eigenvalue weighted by atomic mass is 10.1. The van der Waals surface area contributed by atoms with E-state index in [9.17, 15) is 0 Å². The molecule has 6 nitrogen and oxygen atoms in total. The molecule has 0 amide bonds. The third-order valence-corrected chi connectivity index (χ3v) is 6.51. The smallest absolute Gasteiger partial charge is 0.0737 e. The van der Waals surface area contributed by atoms with Crippen molar-refractivity contribution in [2.75, 3.05) is 77.7 Å². The number of pyridine rings is 1. The van der Waals surface area contributed by atoms with Crippen LogP contribution in [0, 0.1) is 0 Å². The molecule has 0 aliphatic carbocycles. The molecule has 0 saturated carbocycles. The van der Waals surface area contributed by atoms with Crippen molar-refractivity contribution in [3.63, 3.8) is 0 Å². The zero-order valence-corrected chi connectivity index (χ0v) is 20.9. The Balaban J connectivity index is 1.61. The Morgan fingerprint density at radius 2 is 1.76 bits per heavy atom. The molecular weight excluding hydrogens is 432 g/mol. The van der Waals surface area contributed by atoms with Gasteiger partial charge in [0.05, 0.1) is 5.52 Å². The van der Waals surface area contributed by atoms with Gasteiger partial charge in [0.1, 0.15) is 0 Å². The van der Waals surface area contributed by atoms with E-state index in [1.54, 1.807) is 0 Å². The number of benzene rings is 2. The molecule has 176 valence electrons. The fourth-order valence-electron chi connectivity index (χ4n) is 4.27. The molecule has 4 rings (SSSR count). The Hall–Kier alpha value is -2.38. The van der Waals surface area contributed by atoms with Crippen molar-refractivity contribution < 1.29 is 0 Å². The molecule has 33 heavy (non-hydrogen) atoms. The number of nitrogens with zero attached hydrogens (tertiary/aromatic N) is 5. The maximum absolute atomic E-state index is 6.17. The number of fused-ring (bicyclic) bond motifs is 1. The second kappa shape index (κ2) is 10.7. The van der Waals surface area contributed by atoms with E-state index in [2.05, 4.69) is 76.3 Å². The van der Waals surface area contributed by atoms with Crippen LogP contribution in [0.5, 0.6) is 0 Å². The molecular formula is C26H35ClN6.